The summed E-state index contributed by atoms with van der Waals surface area (Å²) in [5.41, 5.74) is 0. The minimum Gasteiger partial charge on any atom is -0.462 e. The van der Waals surface area contributed by atoms with Crippen molar-refractivity contribution in [2.75, 3.05) is 13.2 Å². The molecule has 468 valence electrons. The Morgan fingerprint density at radius 1 is 0.256 bits per heavy atom. The first-order chi connectivity index (χ1) is 40.5. The Balaban J connectivity index is 4.41. The van der Waals surface area contributed by atoms with Crippen LogP contribution in [-0.4, -0.2) is 37.2 Å². The van der Waals surface area contributed by atoms with E-state index >= 15 is 0 Å². The summed E-state index contributed by atoms with van der Waals surface area (Å²) in [6.07, 6.45) is 96.3. The van der Waals surface area contributed by atoms with E-state index in [1.54, 1.807) is 0 Å². The van der Waals surface area contributed by atoms with Gasteiger partial charge in [0.1, 0.15) is 13.2 Å². The van der Waals surface area contributed by atoms with Gasteiger partial charge in [-0.05, 0) is 135 Å². The number of allylic oxidation sites excluding steroid dienone is 20. The molecule has 0 N–H and O–H groups in total. The highest BCUT2D eigenvalue weighted by Gasteiger charge is 2.19. The van der Waals surface area contributed by atoms with Crippen LogP contribution in [0.2, 0.25) is 0 Å². The molecule has 0 amide bonds. The van der Waals surface area contributed by atoms with Crippen LogP contribution >= 0.6 is 0 Å². The van der Waals surface area contributed by atoms with Crippen molar-refractivity contribution in [1.29, 1.82) is 0 Å². The van der Waals surface area contributed by atoms with Crippen molar-refractivity contribution in [2.45, 2.75) is 329 Å². The summed E-state index contributed by atoms with van der Waals surface area (Å²) in [6.45, 7) is 6.50. The molecule has 0 heterocycles. The van der Waals surface area contributed by atoms with Crippen molar-refractivity contribution >= 4 is 17.9 Å². The maximum absolute atomic E-state index is 13.0. The maximum Gasteiger partial charge on any atom is 0.306 e. The topological polar surface area (TPSA) is 78.9 Å². The third-order valence-corrected chi connectivity index (χ3v) is 14.7. The third kappa shape index (κ3) is 66.6. The SMILES string of the molecule is CC/C=C\C/C=C\C/C=C\C/C=C\C/C=C\CCCCCCCCCC(=O)OC(COC(=O)CCCCCCC/C=C\C/C=C\CCCCCC)COC(=O)CCCCCCCCCCCC/C=C\C/C=C\C/C=C\CCCCCCC. The number of carbonyl (C=O) groups is 3. The Labute approximate surface area is 507 Å². The molecule has 0 aromatic carbocycles. The van der Waals surface area contributed by atoms with E-state index in [0.29, 0.717) is 19.3 Å². The lowest BCUT2D eigenvalue weighted by Gasteiger charge is -2.18. The van der Waals surface area contributed by atoms with Gasteiger partial charge in [0.05, 0.1) is 0 Å². The van der Waals surface area contributed by atoms with Crippen molar-refractivity contribution < 1.29 is 28.6 Å². The number of esters is 3. The van der Waals surface area contributed by atoms with Gasteiger partial charge in [0.15, 0.2) is 6.10 Å². The van der Waals surface area contributed by atoms with Crippen LogP contribution in [0.1, 0.15) is 323 Å². The van der Waals surface area contributed by atoms with Crippen LogP contribution in [0.3, 0.4) is 0 Å². The fourth-order valence-electron chi connectivity index (χ4n) is 9.51. The summed E-state index contributed by atoms with van der Waals surface area (Å²) >= 11 is 0. The van der Waals surface area contributed by atoms with Crippen molar-refractivity contribution in [1.82, 2.24) is 0 Å². The summed E-state index contributed by atoms with van der Waals surface area (Å²) in [5, 5.41) is 0. The maximum atomic E-state index is 13.0. The first-order valence-corrected chi connectivity index (χ1v) is 34.5. The minimum absolute atomic E-state index is 0.0909. The standard InChI is InChI=1S/C76H128O6/c1-4-7-10-13-16-19-22-25-28-31-33-35-37-38-40-41-43-45-48-51-54-57-60-63-66-69-75(78)81-72-73(71-80-74(77)68-65-62-59-56-53-50-47-30-27-24-21-18-15-12-9-6-3)82-76(79)70-67-64-61-58-55-52-49-46-44-42-39-36-34-32-29-26-23-20-17-14-11-8-5-2/h8,11,17,20-22,24-26,29-31,33-34,36-38,42,44,47,73H,4-7,9-10,12-16,18-19,23,27-28,32,35,39-41,43,45-46,48-72H2,1-3H3/b11-8-,20-17-,24-21-,25-22-,29-26-,33-31-,36-34-,38-37-,44-42-,47-30-. The average Bonchev–Trinajstić information content (AvgIpc) is 3.47. The van der Waals surface area contributed by atoms with E-state index in [9.17, 15) is 14.4 Å². The zero-order valence-electron chi connectivity index (χ0n) is 53.7. The molecule has 0 radical (unpaired) electrons. The molecule has 6 nitrogen and oxygen atoms in total. The van der Waals surface area contributed by atoms with E-state index in [0.717, 1.165) is 135 Å². The van der Waals surface area contributed by atoms with Crippen LogP contribution in [0, 0.1) is 0 Å². The van der Waals surface area contributed by atoms with Crippen LogP contribution in [0.5, 0.6) is 0 Å². The van der Waals surface area contributed by atoms with Gasteiger partial charge in [-0.3, -0.25) is 14.4 Å². The van der Waals surface area contributed by atoms with Gasteiger partial charge in [-0.25, -0.2) is 0 Å². The van der Waals surface area contributed by atoms with Gasteiger partial charge >= 0.3 is 17.9 Å². The highest BCUT2D eigenvalue weighted by atomic mass is 16.6. The molecule has 0 aliphatic heterocycles. The molecule has 82 heavy (non-hydrogen) atoms. The monoisotopic (exact) mass is 1140 g/mol. The van der Waals surface area contributed by atoms with E-state index in [-0.39, 0.29) is 31.1 Å². The Morgan fingerprint density at radius 3 is 0.756 bits per heavy atom. The lowest BCUT2D eigenvalue weighted by molar-refractivity contribution is -0.167. The van der Waals surface area contributed by atoms with Crippen LogP contribution < -0.4 is 0 Å². The number of rotatable bonds is 62. The molecule has 0 rings (SSSR count). The van der Waals surface area contributed by atoms with Crippen molar-refractivity contribution in [3.05, 3.63) is 122 Å². The summed E-state index contributed by atoms with van der Waals surface area (Å²) in [6, 6.07) is 0. The Hall–Kier alpha value is -4.19. The van der Waals surface area contributed by atoms with Gasteiger partial charge in [-0.1, -0.05) is 290 Å². The summed E-state index contributed by atoms with van der Waals surface area (Å²) in [4.78, 5) is 38.5. The number of carbonyl (C=O) groups excluding carboxylic acids is 3. The molecule has 0 fully saturated rings. The van der Waals surface area contributed by atoms with Gasteiger partial charge in [-0.2, -0.15) is 0 Å². The third-order valence-electron chi connectivity index (χ3n) is 14.7. The second-order valence-electron chi connectivity index (χ2n) is 22.7. The summed E-state index contributed by atoms with van der Waals surface area (Å²) in [5.74, 6) is -0.911. The predicted molar refractivity (Wildman–Crippen MR) is 357 cm³/mol. The lowest BCUT2D eigenvalue weighted by Crippen LogP contribution is -2.30. The molecular weight excluding hydrogens is 1010 g/mol. The van der Waals surface area contributed by atoms with Crippen molar-refractivity contribution in [3.63, 3.8) is 0 Å². The van der Waals surface area contributed by atoms with E-state index in [1.807, 2.05) is 0 Å². The fourth-order valence-corrected chi connectivity index (χ4v) is 9.51. The molecule has 1 unspecified atom stereocenters. The largest absolute Gasteiger partial charge is 0.462 e. The van der Waals surface area contributed by atoms with Gasteiger partial charge < -0.3 is 14.2 Å². The Bertz CT molecular complexity index is 1690. The van der Waals surface area contributed by atoms with Gasteiger partial charge in [0, 0.05) is 19.3 Å². The number of hydrogen-bond donors (Lipinski definition) is 0. The molecule has 0 saturated heterocycles. The van der Waals surface area contributed by atoms with Crippen LogP contribution in [0.4, 0.5) is 0 Å². The average molecular weight is 1140 g/mol. The predicted octanol–water partition coefficient (Wildman–Crippen LogP) is 23.9. The second-order valence-corrected chi connectivity index (χ2v) is 22.7. The van der Waals surface area contributed by atoms with Crippen LogP contribution in [0.15, 0.2) is 122 Å². The minimum atomic E-state index is -0.797. The zero-order chi connectivity index (χ0) is 59.2. The molecule has 0 aromatic rings. The quantitative estimate of drug-likeness (QED) is 0.0261. The molecule has 0 aliphatic carbocycles. The molecule has 0 bridgehead atoms. The fraction of sp³-hybridized carbons (Fsp3) is 0.697. The highest BCUT2D eigenvalue weighted by Crippen LogP contribution is 2.16. The van der Waals surface area contributed by atoms with Crippen LogP contribution in [0.25, 0.3) is 0 Å². The smallest absolute Gasteiger partial charge is 0.306 e. The number of hydrogen-bond acceptors (Lipinski definition) is 6. The number of ether oxygens (including phenoxy) is 3. The first kappa shape index (κ1) is 77.8. The first-order valence-electron chi connectivity index (χ1n) is 34.5. The second kappa shape index (κ2) is 69.3. The molecule has 0 saturated carbocycles. The molecule has 1 atom stereocenters. The van der Waals surface area contributed by atoms with E-state index in [4.69, 9.17) is 14.2 Å². The van der Waals surface area contributed by atoms with E-state index < -0.39 is 6.10 Å². The molecule has 6 heteroatoms. The molecular formula is C76H128O6. The lowest BCUT2D eigenvalue weighted by atomic mass is 10.1. The molecule has 0 aromatic heterocycles. The van der Waals surface area contributed by atoms with E-state index in [2.05, 4.69) is 142 Å². The van der Waals surface area contributed by atoms with E-state index in [1.165, 1.54) is 148 Å². The molecule has 0 spiro atoms. The van der Waals surface area contributed by atoms with Gasteiger partial charge in [0.25, 0.3) is 0 Å². The highest BCUT2D eigenvalue weighted by molar-refractivity contribution is 5.71. The van der Waals surface area contributed by atoms with Crippen molar-refractivity contribution in [2.24, 2.45) is 0 Å². The summed E-state index contributed by atoms with van der Waals surface area (Å²) in [7, 11) is 0. The Morgan fingerprint density at radius 2 is 0.476 bits per heavy atom. The van der Waals surface area contributed by atoms with Gasteiger partial charge in [0.2, 0.25) is 0 Å². The normalized spacial score (nSPS) is 12.9. The Kier molecular flexibility index (Phi) is 65.8. The molecule has 0 aliphatic rings. The van der Waals surface area contributed by atoms with Crippen molar-refractivity contribution in [3.8, 4) is 0 Å². The van der Waals surface area contributed by atoms with Gasteiger partial charge in [-0.15, -0.1) is 0 Å². The van der Waals surface area contributed by atoms with Crippen LogP contribution in [-0.2, 0) is 28.6 Å². The number of unbranched alkanes of at least 4 members (excludes halogenated alkanes) is 31. The zero-order valence-corrected chi connectivity index (χ0v) is 53.7. The summed E-state index contributed by atoms with van der Waals surface area (Å²) < 4.78 is 17.0.